The molecule has 2 heterocycles. The average Bonchev–Trinajstić information content (AvgIpc) is 3.08. The third-order valence-corrected chi connectivity index (χ3v) is 4.45. The van der Waals surface area contributed by atoms with Crippen LogP contribution in [0.25, 0.3) is 0 Å². The Bertz CT molecular complexity index is 619. The molecular weight excluding hydrogens is 286 g/mol. The van der Waals surface area contributed by atoms with E-state index in [2.05, 4.69) is 25.5 Å². The predicted molar refractivity (Wildman–Crippen MR) is 80.0 cm³/mol. The van der Waals surface area contributed by atoms with Gasteiger partial charge >= 0.3 is 0 Å². The van der Waals surface area contributed by atoms with Crippen LogP contribution in [0.1, 0.15) is 57.3 Å². The lowest BCUT2D eigenvalue weighted by molar-refractivity contribution is 0.423. The molecule has 1 aliphatic rings. The summed E-state index contributed by atoms with van der Waals surface area (Å²) in [5.74, 6) is 1.46. The van der Waals surface area contributed by atoms with E-state index in [1.165, 1.54) is 24.6 Å². The highest BCUT2D eigenvalue weighted by Crippen LogP contribution is 2.33. The first-order valence-electron chi connectivity index (χ1n) is 7.23. The molecule has 0 amide bonds. The van der Waals surface area contributed by atoms with Crippen molar-refractivity contribution in [3.63, 3.8) is 0 Å². The Balaban J connectivity index is 1.85. The molecule has 0 aromatic carbocycles. The summed E-state index contributed by atoms with van der Waals surface area (Å²) in [6, 6.07) is 2.18. The van der Waals surface area contributed by atoms with Crippen molar-refractivity contribution < 1.29 is 0 Å². The van der Waals surface area contributed by atoms with Crippen LogP contribution in [0.15, 0.2) is 16.2 Å². The monoisotopic (exact) mass is 305 g/mol. The Morgan fingerprint density at radius 1 is 1.29 bits per heavy atom. The summed E-state index contributed by atoms with van der Waals surface area (Å²) in [5.41, 5.74) is 5.86. The fraction of sp³-hybridized carbons (Fsp3) is 0.615. The zero-order valence-electron chi connectivity index (χ0n) is 12.2. The Labute approximate surface area is 127 Å². The number of nitrogens with zero attached hydrogens (tertiary/aromatic N) is 6. The number of aromatic nitrogens is 6. The smallest absolute Gasteiger partial charge is 0.215 e. The second-order valence-corrected chi connectivity index (χ2v) is 6.58. The summed E-state index contributed by atoms with van der Waals surface area (Å²) >= 11 is 1.45. The van der Waals surface area contributed by atoms with E-state index in [-0.39, 0.29) is 5.92 Å². The van der Waals surface area contributed by atoms with Crippen molar-refractivity contribution in [2.45, 2.75) is 61.7 Å². The van der Waals surface area contributed by atoms with Gasteiger partial charge in [-0.25, -0.2) is 14.6 Å². The van der Waals surface area contributed by atoms with Gasteiger partial charge in [0.1, 0.15) is 16.7 Å². The molecule has 0 aliphatic heterocycles. The fourth-order valence-electron chi connectivity index (χ4n) is 2.50. The molecule has 0 radical (unpaired) electrons. The highest BCUT2D eigenvalue weighted by atomic mass is 32.2. The minimum Gasteiger partial charge on any atom is -0.384 e. The zero-order chi connectivity index (χ0) is 14.8. The number of hydrogen-bond acceptors (Lipinski definition) is 7. The Morgan fingerprint density at radius 3 is 2.76 bits per heavy atom. The van der Waals surface area contributed by atoms with Gasteiger partial charge in [0.05, 0.1) is 6.04 Å². The lowest BCUT2D eigenvalue weighted by atomic mass is 10.2. The van der Waals surface area contributed by atoms with E-state index in [1.54, 1.807) is 6.07 Å². The molecule has 0 saturated heterocycles. The third-order valence-electron chi connectivity index (χ3n) is 3.59. The maximum atomic E-state index is 5.86. The number of nitrogens with two attached hydrogens (primary N) is 1. The van der Waals surface area contributed by atoms with Gasteiger partial charge in [-0.05, 0) is 35.0 Å². The first-order valence-corrected chi connectivity index (χ1v) is 8.05. The molecule has 2 aromatic rings. The summed E-state index contributed by atoms with van der Waals surface area (Å²) < 4.78 is 1.92. The van der Waals surface area contributed by atoms with Gasteiger partial charge < -0.3 is 5.73 Å². The van der Waals surface area contributed by atoms with Crippen LogP contribution in [0.4, 0.5) is 5.82 Å². The molecule has 112 valence electrons. The van der Waals surface area contributed by atoms with Crippen LogP contribution in [-0.2, 0) is 0 Å². The molecule has 8 heteroatoms. The van der Waals surface area contributed by atoms with Crippen molar-refractivity contribution in [3.8, 4) is 0 Å². The predicted octanol–water partition coefficient (Wildman–Crippen LogP) is 2.44. The maximum Gasteiger partial charge on any atom is 0.215 e. The normalized spacial score (nSPS) is 16.0. The van der Waals surface area contributed by atoms with E-state index >= 15 is 0 Å². The Kier molecular flexibility index (Phi) is 4.05. The molecule has 0 bridgehead atoms. The first-order chi connectivity index (χ1) is 10.1. The van der Waals surface area contributed by atoms with Gasteiger partial charge in [-0.3, -0.25) is 0 Å². The number of nitrogen functional groups attached to an aromatic ring is 1. The van der Waals surface area contributed by atoms with Crippen LogP contribution < -0.4 is 5.73 Å². The van der Waals surface area contributed by atoms with E-state index in [9.17, 15) is 0 Å². The molecule has 1 aliphatic carbocycles. The quantitative estimate of drug-likeness (QED) is 0.867. The summed E-state index contributed by atoms with van der Waals surface area (Å²) in [7, 11) is 0. The van der Waals surface area contributed by atoms with Crippen molar-refractivity contribution >= 4 is 17.6 Å². The molecule has 3 rings (SSSR count). The van der Waals surface area contributed by atoms with E-state index in [4.69, 9.17) is 5.73 Å². The first kappa shape index (κ1) is 14.2. The highest BCUT2D eigenvalue weighted by molar-refractivity contribution is 7.99. The standard InChI is InChI=1S/C13H19N7S/c1-8(2)12-15-10(14)7-11(16-12)21-13-17-18-19-20(13)9-5-3-4-6-9/h7-9H,3-6H2,1-2H3,(H2,14,15,16). The van der Waals surface area contributed by atoms with Crippen LogP contribution in [0.5, 0.6) is 0 Å². The van der Waals surface area contributed by atoms with Crippen LogP contribution in [0.3, 0.4) is 0 Å². The molecule has 1 fully saturated rings. The van der Waals surface area contributed by atoms with Crippen LogP contribution in [0.2, 0.25) is 0 Å². The summed E-state index contributed by atoms with van der Waals surface area (Å²) in [4.78, 5) is 8.80. The zero-order valence-corrected chi connectivity index (χ0v) is 13.0. The van der Waals surface area contributed by atoms with E-state index in [0.29, 0.717) is 11.9 Å². The molecule has 0 unspecified atom stereocenters. The van der Waals surface area contributed by atoms with E-state index < -0.39 is 0 Å². The van der Waals surface area contributed by atoms with Gasteiger partial charge in [0.2, 0.25) is 5.16 Å². The summed E-state index contributed by atoms with van der Waals surface area (Å²) in [6.45, 7) is 4.09. The van der Waals surface area contributed by atoms with Gasteiger partial charge in [-0.2, -0.15) is 0 Å². The summed E-state index contributed by atoms with van der Waals surface area (Å²) in [5, 5.41) is 13.6. The van der Waals surface area contributed by atoms with Gasteiger partial charge in [-0.1, -0.05) is 26.7 Å². The molecule has 2 N–H and O–H groups in total. The van der Waals surface area contributed by atoms with Crippen LogP contribution in [-0.4, -0.2) is 30.2 Å². The lowest BCUT2D eigenvalue weighted by Gasteiger charge is -2.11. The minimum absolute atomic E-state index is 0.235. The number of anilines is 1. The molecular formula is C13H19N7S. The SMILES string of the molecule is CC(C)c1nc(N)cc(Sc2nnnn2C2CCCC2)n1. The molecule has 1 saturated carbocycles. The van der Waals surface area contributed by atoms with Crippen LogP contribution in [0, 0.1) is 0 Å². The number of rotatable bonds is 4. The van der Waals surface area contributed by atoms with Gasteiger partial charge in [0, 0.05) is 12.0 Å². The van der Waals surface area contributed by atoms with E-state index in [1.807, 2.05) is 18.5 Å². The van der Waals surface area contributed by atoms with Crippen molar-refractivity contribution in [1.29, 1.82) is 0 Å². The molecule has 2 aromatic heterocycles. The lowest BCUT2D eigenvalue weighted by Crippen LogP contribution is -2.08. The minimum atomic E-state index is 0.235. The largest absolute Gasteiger partial charge is 0.384 e. The van der Waals surface area contributed by atoms with Crippen molar-refractivity contribution in [2.24, 2.45) is 0 Å². The number of hydrogen-bond donors (Lipinski definition) is 1. The molecule has 0 atom stereocenters. The molecule has 21 heavy (non-hydrogen) atoms. The summed E-state index contributed by atoms with van der Waals surface area (Å²) in [6.07, 6.45) is 4.77. The highest BCUT2D eigenvalue weighted by Gasteiger charge is 2.22. The van der Waals surface area contributed by atoms with E-state index in [0.717, 1.165) is 28.8 Å². The third kappa shape index (κ3) is 3.15. The average molecular weight is 305 g/mol. The van der Waals surface area contributed by atoms with Crippen molar-refractivity contribution in [2.75, 3.05) is 5.73 Å². The Morgan fingerprint density at radius 2 is 2.05 bits per heavy atom. The van der Waals surface area contributed by atoms with Crippen molar-refractivity contribution in [3.05, 3.63) is 11.9 Å². The maximum absolute atomic E-state index is 5.86. The molecule has 0 spiro atoms. The second kappa shape index (κ2) is 5.97. The number of tetrazole rings is 1. The topological polar surface area (TPSA) is 95.4 Å². The molecule has 7 nitrogen and oxygen atoms in total. The Hall–Kier alpha value is -1.70. The second-order valence-electron chi connectivity index (χ2n) is 5.59. The van der Waals surface area contributed by atoms with Gasteiger partial charge in [-0.15, -0.1) is 5.10 Å². The van der Waals surface area contributed by atoms with Gasteiger partial charge in [0.25, 0.3) is 0 Å². The van der Waals surface area contributed by atoms with Crippen molar-refractivity contribution in [1.82, 2.24) is 30.2 Å². The van der Waals surface area contributed by atoms with Gasteiger partial charge in [0.15, 0.2) is 0 Å². The fourth-order valence-corrected chi connectivity index (χ4v) is 3.36. The van der Waals surface area contributed by atoms with Crippen LogP contribution >= 0.6 is 11.8 Å².